The molecule has 0 N–H and O–H groups in total. The molecule has 2 aliphatic rings. The molecule has 2 unspecified atom stereocenters. The minimum absolute atomic E-state index is 0.000988. The lowest BCUT2D eigenvalue weighted by Gasteiger charge is -2.37. The summed E-state index contributed by atoms with van der Waals surface area (Å²) in [7, 11) is 0. The Hall–Kier alpha value is -2.40. The maximum atomic E-state index is 12.9. The first-order valence-corrected chi connectivity index (χ1v) is 10.3. The van der Waals surface area contributed by atoms with E-state index >= 15 is 0 Å². The summed E-state index contributed by atoms with van der Waals surface area (Å²) in [6.07, 6.45) is -2.28. The van der Waals surface area contributed by atoms with Gasteiger partial charge >= 0.3 is 6.18 Å². The molecule has 2 saturated heterocycles. The number of carbonyl (C=O) groups is 1. The van der Waals surface area contributed by atoms with Gasteiger partial charge in [-0.05, 0) is 38.3 Å². The van der Waals surface area contributed by atoms with Crippen molar-refractivity contribution in [2.45, 2.75) is 44.6 Å². The summed E-state index contributed by atoms with van der Waals surface area (Å²) < 4.78 is 50.0. The van der Waals surface area contributed by atoms with Gasteiger partial charge in [0.1, 0.15) is 11.8 Å². The van der Waals surface area contributed by atoms with Gasteiger partial charge in [0.15, 0.2) is 0 Å². The fraction of sp³-hybridized carbons (Fsp3) is 0.650. The largest absolute Gasteiger partial charge is 0.416 e. The van der Waals surface area contributed by atoms with Gasteiger partial charge in [-0.2, -0.15) is 13.2 Å². The quantitative estimate of drug-likeness (QED) is 0.494. The number of anilines is 1. The second-order valence-electron chi connectivity index (χ2n) is 7.73. The Morgan fingerprint density at radius 1 is 1.29 bits per heavy atom. The maximum Gasteiger partial charge on any atom is 0.416 e. The van der Waals surface area contributed by atoms with Crippen LogP contribution < -0.4 is 4.90 Å². The van der Waals surface area contributed by atoms with Crippen molar-refractivity contribution in [2.75, 3.05) is 44.3 Å². The van der Waals surface area contributed by atoms with Crippen molar-refractivity contribution in [3.05, 3.63) is 33.9 Å². The average Bonchev–Trinajstić information content (AvgIpc) is 2.76. The van der Waals surface area contributed by atoms with Crippen molar-refractivity contribution < 1.29 is 32.4 Å². The summed E-state index contributed by atoms with van der Waals surface area (Å²) in [5.41, 5.74) is -1.55. The molecule has 0 spiro atoms. The number of carbonyl (C=O) groups excluding carboxylic acids is 1. The smallest absolute Gasteiger partial charge is 0.376 e. The first kappa shape index (κ1) is 23.3. The molecule has 0 bridgehead atoms. The number of rotatable bonds is 6. The van der Waals surface area contributed by atoms with E-state index in [0.717, 1.165) is 31.4 Å². The van der Waals surface area contributed by atoms with Crippen LogP contribution in [0.1, 0.15) is 31.7 Å². The van der Waals surface area contributed by atoms with Gasteiger partial charge < -0.3 is 19.3 Å². The third kappa shape index (κ3) is 5.85. The van der Waals surface area contributed by atoms with Gasteiger partial charge in [0, 0.05) is 38.9 Å². The van der Waals surface area contributed by atoms with Crippen LogP contribution in [0.25, 0.3) is 0 Å². The lowest BCUT2D eigenvalue weighted by atomic mass is 10.1. The van der Waals surface area contributed by atoms with Gasteiger partial charge in [0.2, 0.25) is 0 Å². The topological polar surface area (TPSA) is 85.2 Å². The number of hydrogen-bond acceptors (Lipinski definition) is 6. The number of hydrogen-bond donors (Lipinski definition) is 0. The summed E-state index contributed by atoms with van der Waals surface area (Å²) >= 11 is 0. The molecule has 0 aromatic heterocycles. The van der Waals surface area contributed by atoms with Crippen molar-refractivity contribution in [2.24, 2.45) is 0 Å². The number of alkyl halides is 3. The number of piperazine rings is 1. The number of nitrogens with zero attached hydrogens (tertiary/aromatic N) is 3. The highest BCUT2D eigenvalue weighted by Gasteiger charge is 2.35. The molecular formula is C20H26F3N3O5. The van der Waals surface area contributed by atoms with Crippen molar-refractivity contribution >= 4 is 17.3 Å². The molecule has 1 aromatic carbocycles. The van der Waals surface area contributed by atoms with Crippen LogP contribution >= 0.6 is 0 Å². The fourth-order valence-electron chi connectivity index (χ4n) is 3.80. The summed E-state index contributed by atoms with van der Waals surface area (Å²) in [4.78, 5) is 26.4. The zero-order valence-electron chi connectivity index (χ0n) is 17.3. The molecule has 1 amide bonds. The van der Waals surface area contributed by atoms with Crippen molar-refractivity contribution in [3.63, 3.8) is 0 Å². The van der Waals surface area contributed by atoms with Gasteiger partial charge in [-0.3, -0.25) is 14.9 Å². The summed E-state index contributed by atoms with van der Waals surface area (Å²) in [5.74, 6) is -0.183. The molecule has 0 aliphatic carbocycles. The molecule has 172 valence electrons. The lowest BCUT2D eigenvalue weighted by molar-refractivity contribution is -0.384. The number of ether oxygens (including phenoxy) is 2. The van der Waals surface area contributed by atoms with Gasteiger partial charge in [-0.15, -0.1) is 0 Å². The number of nitro benzene ring substituents is 1. The lowest BCUT2D eigenvalue weighted by Crippen LogP contribution is -2.51. The summed E-state index contributed by atoms with van der Waals surface area (Å²) in [5, 5.41) is 11.3. The van der Waals surface area contributed by atoms with E-state index in [4.69, 9.17) is 9.47 Å². The third-order valence-electron chi connectivity index (χ3n) is 5.59. The average molecular weight is 445 g/mol. The summed E-state index contributed by atoms with van der Waals surface area (Å²) in [6, 6.07) is 2.51. The Bertz CT molecular complexity index is 791. The number of benzene rings is 1. The monoisotopic (exact) mass is 445 g/mol. The molecule has 31 heavy (non-hydrogen) atoms. The van der Waals surface area contributed by atoms with Crippen LogP contribution in [-0.4, -0.2) is 67.3 Å². The predicted molar refractivity (Wildman–Crippen MR) is 106 cm³/mol. The zero-order chi connectivity index (χ0) is 22.6. The molecule has 0 saturated carbocycles. The van der Waals surface area contributed by atoms with E-state index in [1.165, 1.54) is 0 Å². The van der Waals surface area contributed by atoms with E-state index in [1.807, 2.05) is 0 Å². The first-order valence-electron chi connectivity index (χ1n) is 10.3. The van der Waals surface area contributed by atoms with Crippen LogP contribution in [-0.2, 0) is 20.4 Å². The third-order valence-corrected chi connectivity index (χ3v) is 5.59. The Morgan fingerprint density at radius 3 is 2.58 bits per heavy atom. The van der Waals surface area contributed by atoms with Gasteiger partial charge in [-0.25, -0.2) is 0 Å². The Morgan fingerprint density at radius 2 is 2.00 bits per heavy atom. The molecule has 3 rings (SSSR count). The molecule has 8 nitrogen and oxygen atoms in total. The minimum atomic E-state index is -4.66. The summed E-state index contributed by atoms with van der Waals surface area (Å²) in [6.45, 7) is 3.87. The Kier molecular flexibility index (Phi) is 7.37. The van der Waals surface area contributed by atoms with E-state index in [1.54, 1.807) is 16.7 Å². The standard InChI is InChI=1S/C20H26F3N3O5/c1-14(31-13-16-4-2-3-11-30-16)19(27)25-9-7-24(8-10-25)17-6-5-15(20(21,22)23)12-18(17)26(28)29/h5-6,12,14,16H,2-4,7-11,13H2,1H3. The van der Waals surface area contributed by atoms with Crippen molar-refractivity contribution in [3.8, 4) is 0 Å². The number of halogens is 3. The fourth-order valence-corrected chi connectivity index (χ4v) is 3.80. The van der Waals surface area contributed by atoms with Crippen LogP contribution in [0.3, 0.4) is 0 Å². The van der Waals surface area contributed by atoms with Gasteiger partial charge in [0.05, 0.1) is 23.2 Å². The zero-order valence-corrected chi connectivity index (χ0v) is 17.3. The Balaban J connectivity index is 1.57. The second-order valence-corrected chi connectivity index (χ2v) is 7.73. The predicted octanol–water partition coefficient (Wildman–Crippen LogP) is 3.24. The van der Waals surface area contributed by atoms with Crippen LogP contribution in [0, 0.1) is 10.1 Å². The number of nitro groups is 1. The van der Waals surface area contributed by atoms with Crippen LogP contribution in [0.2, 0.25) is 0 Å². The molecule has 2 heterocycles. The van der Waals surface area contributed by atoms with E-state index in [-0.39, 0.29) is 30.8 Å². The van der Waals surface area contributed by atoms with E-state index in [0.29, 0.717) is 32.4 Å². The Labute approximate surface area is 178 Å². The van der Waals surface area contributed by atoms with Crippen LogP contribution in [0.4, 0.5) is 24.5 Å². The number of amides is 1. The van der Waals surface area contributed by atoms with E-state index < -0.39 is 28.5 Å². The molecule has 2 fully saturated rings. The van der Waals surface area contributed by atoms with Gasteiger partial charge in [-0.1, -0.05) is 0 Å². The SMILES string of the molecule is CC(OCC1CCCCO1)C(=O)N1CCN(c2ccc(C(F)(F)F)cc2[N+](=O)[O-])CC1. The minimum Gasteiger partial charge on any atom is -0.376 e. The normalized spacial score (nSPS) is 21.1. The highest BCUT2D eigenvalue weighted by atomic mass is 19.4. The van der Waals surface area contributed by atoms with Crippen molar-refractivity contribution in [1.29, 1.82) is 0 Å². The molecule has 0 radical (unpaired) electrons. The molecule has 2 aliphatic heterocycles. The molecule has 2 atom stereocenters. The highest BCUT2D eigenvalue weighted by molar-refractivity contribution is 5.81. The van der Waals surface area contributed by atoms with E-state index in [9.17, 15) is 28.1 Å². The molecule has 1 aromatic rings. The van der Waals surface area contributed by atoms with E-state index in [2.05, 4.69) is 0 Å². The van der Waals surface area contributed by atoms with Gasteiger partial charge in [0.25, 0.3) is 11.6 Å². The van der Waals surface area contributed by atoms with Crippen molar-refractivity contribution in [1.82, 2.24) is 4.90 Å². The van der Waals surface area contributed by atoms with Crippen LogP contribution in [0.5, 0.6) is 0 Å². The second kappa shape index (κ2) is 9.82. The molecule has 11 heteroatoms. The first-order chi connectivity index (χ1) is 14.7. The highest BCUT2D eigenvalue weighted by Crippen LogP contribution is 2.36. The molecular weight excluding hydrogens is 419 g/mol. The van der Waals surface area contributed by atoms with Crippen LogP contribution in [0.15, 0.2) is 18.2 Å². The maximum absolute atomic E-state index is 12.9.